The summed E-state index contributed by atoms with van der Waals surface area (Å²) in [5.74, 6) is 0. The summed E-state index contributed by atoms with van der Waals surface area (Å²) in [6, 6.07) is 19.1. The first kappa shape index (κ1) is 12.3. The summed E-state index contributed by atoms with van der Waals surface area (Å²) in [7, 11) is -1.42. The fourth-order valence-corrected chi connectivity index (χ4v) is 2.46. The van der Waals surface area contributed by atoms with Crippen LogP contribution in [0.15, 0.2) is 60.7 Å². The van der Waals surface area contributed by atoms with Crippen molar-refractivity contribution in [2.75, 3.05) is 0 Å². The Morgan fingerprint density at radius 2 is 1.00 bits per heavy atom. The summed E-state index contributed by atoms with van der Waals surface area (Å²) in [6.45, 7) is 0. The van der Waals surface area contributed by atoms with Gasteiger partial charge in [-0.05, 0) is 24.3 Å². The molecule has 1 nitrogen and oxygen atoms in total. The van der Waals surface area contributed by atoms with E-state index in [9.17, 15) is 4.57 Å². The first-order valence-corrected chi connectivity index (χ1v) is 5.71. The molecule has 0 aliphatic rings. The Kier molecular flexibility index (Phi) is 4.85. The van der Waals surface area contributed by atoms with Crippen LogP contribution < -0.4 is 10.6 Å². The smallest absolute Gasteiger partial charge is 0.136 e. The van der Waals surface area contributed by atoms with E-state index in [0.29, 0.717) is 0 Å². The molecule has 0 atom stereocenters. The van der Waals surface area contributed by atoms with Gasteiger partial charge in [-0.25, -0.2) is 0 Å². The van der Waals surface area contributed by atoms with E-state index in [0.717, 1.165) is 10.6 Å². The zero-order valence-electron chi connectivity index (χ0n) is 7.95. The van der Waals surface area contributed by atoms with E-state index in [1.54, 1.807) is 0 Å². The van der Waals surface area contributed by atoms with Gasteiger partial charge in [0, 0.05) is 31.0 Å². The van der Waals surface area contributed by atoms with E-state index < -0.39 is 7.80 Å². The Morgan fingerprint density at radius 3 is 1.33 bits per heavy atom. The molecule has 0 spiro atoms. The Hall–Kier alpha value is -0.798. The maximum atomic E-state index is 12.0. The van der Waals surface area contributed by atoms with E-state index in [1.165, 1.54) is 0 Å². The molecule has 1 radical (unpaired) electrons. The summed E-state index contributed by atoms with van der Waals surface area (Å²) in [4.78, 5) is 0. The molecule has 0 bridgehead atoms. The fraction of sp³-hybridized carbons (Fsp3) is 0. The molecule has 0 unspecified atom stereocenters. The van der Waals surface area contributed by atoms with Crippen LogP contribution >= 0.6 is 7.80 Å². The molecule has 0 heterocycles. The molecule has 0 N–H and O–H groups in total. The third-order valence-electron chi connectivity index (χ3n) is 1.98. The molecule has 79 valence electrons. The van der Waals surface area contributed by atoms with Crippen LogP contribution in [0.4, 0.5) is 0 Å². The van der Waals surface area contributed by atoms with Crippen molar-refractivity contribution in [1.82, 2.24) is 0 Å². The summed E-state index contributed by atoms with van der Waals surface area (Å²) in [5, 5.41) is 1.77. The average molecular weight is 308 g/mol. The number of hydrogen-bond acceptors (Lipinski definition) is 1. The second kappa shape index (κ2) is 5.93. The third kappa shape index (κ3) is 3.08. The minimum atomic E-state index is -1.42. The van der Waals surface area contributed by atoms with Crippen LogP contribution in [0.1, 0.15) is 0 Å². The maximum Gasteiger partial charge on any atom is 0.136 e. The van der Waals surface area contributed by atoms with Crippen molar-refractivity contribution in [2.45, 2.75) is 0 Å². The summed E-state index contributed by atoms with van der Waals surface area (Å²) >= 11 is 0. The molecule has 3 heteroatoms. The molecule has 15 heavy (non-hydrogen) atoms. The minimum Gasteiger partial charge on any atom is -0.277 e. The van der Waals surface area contributed by atoms with Crippen LogP contribution in [-0.4, -0.2) is 0 Å². The number of hydrogen-bond donors (Lipinski definition) is 0. The zero-order valence-corrected chi connectivity index (χ0v) is 10.4. The molecular weight excluding hydrogens is 298 g/mol. The molecule has 2 rings (SSSR count). The zero-order chi connectivity index (χ0) is 9.80. The van der Waals surface area contributed by atoms with E-state index in [1.807, 2.05) is 60.7 Å². The third-order valence-corrected chi connectivity index (χ3v) is 3.52. The molecule has 0 aliphatic heterocycles. The molecule has 0 aromatic heterocycles. The van der Waals surface area contributed by atoms with Gasteiger partial charge in [0.15, 0.2) is 0 Å². The van der Waals surface area contributed by atoms with Crippen LogP contribution in [0.25, 0.3) is 0 Å². The van der Waals surface area contributed by atoms with Crippen molar-refractivity contribution < 1.29 is 25.0 Å². The molecule has 2 aromatic carbocycles. The van der Waals surface area contributed by atoms with Crippen molar-refractivity contribution in [3.05, 3.63) is 60.7 Å². The Labute approximate surface area is 104 Å². The fourth-order valence-electron chi connectivity index (χ4n) is 1.28. The molecule has 0 fully saturated rings. The topological polar surface area (TPSA) is 17.1 Å². The van der Waals surface area contributed by atoms with E-state index in [-0.39, 0.29) is 20.4 Å². The van der Waals surface area contributed by atoms with Crippen LogP contribution in [-0.2, 0) is 25.0 Å². The summed E-state index contributed by atoms with van der Waals surface area (Å²) in [5.41, 5.74) is 0. The standard InChI is InChI=1S/C12H10OP.Pd/c13-14(11-7-3-1-4-8-11)12-9-5-2-6-10-12;/h1-10H;. The largest absolute Gasteiger partial charge is 0.277 e. The van der Waals surface area contributed by atoms with Crippen molar-refractivity contribution >= 4 is 18.4 Å². The van der Waals surface area contributed by atoms with Gasteiger partial charge in [-0.2, -0.15) is 0 Å². The molecular formula is C12H10OPPd. The van der Waals surface area contributed by atoms with Gasteiger partial charge < -0.3 is 0 Å². The van der Waals surface area contributed by atoms with Crippen LogP contribution in [0.2, 0.25) is 0 Å². The molecule has 2 aromatic rings. The minimum absolute atomic E-state index is 0. The van der Waals surface area contributed by atoms with Crippen LogP contribution in [0.3, 0.4) is 0 Å². The quantitative estimate of drug-likeness (QED) is 0.615. The normalized spacial score (nSPS) is 9.07. The second-order valence-electron chi connectivity index (χ2n) is 2.97. The average Bonchev–Trinajstić information content (AvgIpc) is 2.30. The number of benzene rings is 2. The first-order chi connectivity index (χ1) is 6.88. The van der Waals surface area contributed by atoms with Gasteiger partial charge in [-0.3, -0.25) is 4.57 Å². The maximum absolute atomic E-state index is 12.0. The van der Waals surface area contributed by atoms with Gasteiger partial charge in [0.25, 0.3) is 0 Å². The van der Waals surface area contributed by atoms with Crippen molar-refractivity contribution in [2.24, 2.45) is 0 Å². The Bertz CT molecular complexity index is 386. The molecule has 0 saturated carbocycles. The van der Waals surface area contributed by atoms with Gasteiger partial charge >= 0.3 is 0 Å². The number of rotatable bonds is 2. The van der Waals surface area contributed by atoms with Gasteiger partial charge in [0.1, 0.15) is 7.80 Å². The van der Waals surface area contributed by atoms with E-state index >= 15 is 0 Å². The molecule has 0 aliphatic carbocycles. The van der Waals surface area contributed by atoms with Gasteiger partial charge in [-0.15, -0.1) is 0 Å². The van der Waals surface area contributed by atoms with E-state index in [2.05, 4.69) is 0 Å². The van der Waals surface area contributed by atoms with Gasteiger partial charge in [0.2, 0.25) is 0 Å². The summed E-state index contributed by atoms with van der Waals surface area (Å²) < 4.78 is 12.0. The van der Waals surface area contributed by atoms with Gasteiger partial charge in [0.05, 0.1) is 0 Å². The summed E-state index contributed by atoms with van der Waals surface area (Å²) in [6.07, 6.45) is 0. The van der Waals surface area contributed by atoms with Crippen molar-refractivity contribution in [1.29, 1.82) is 0 Å². The van der Waals surface area contributed by atoms with Gasteiger partial charge in [-0.1, -0.05) is 36.4 Å². The molecule has 0 saturated heterocycles. The predicted octanol–water partition coefficient (Wildman–Crippen LogP) is 2.46. The van der Waals surface area contributed by atoms with Crippen LogP contribution in [0, 0.1) is 0 Å². The van der Waals surface area contributed by atoms with Crippen molar-refractivity contribution in [3.63, 3.8) is 0 Å². The monoisotopic (exact) mass is 307 g/mol. The first-order valence-electron chi connectivity index (χ1n) is 4.45. The van der Waals surface area contributed by atoms with E-state index in [4.69, 9.17) is 0 Å². The second-order valence-corrected chi connectivity index (χ2v) is 4.59. The van der Waals surface area contributed by atoms with Crippen molar-refractivity contribution in [3.8, 4) is 0 Å². The van der Waals surface area contributed by atoms with Crippen LogP contribution in [0.5, 0.6) is 0 Å². The Balaban J connectivity index is 0.00000112. The Morgan fingerprint density at radius 1 is 0.667 bits per heavy atom. The molecule has 0 amide bonds. The predicted molar refractivity (Wildman–Crippen MR) is 59.8 cm³/mol. The SMILES string of the molecule is O=[P](c1ccccc1)c1ccccc1.[Pd].